The number of hydrogen-bond donors (Lipinski definition) is 2. The number of anilines is 1. The molecule has 2 aromatic heterocycles. The number of aromatic hydroxyl groups is 1. The van der Waals surface area contributed by atoms with Crippen LogP contribution in [0.2, 0.25) is 0 Å². The summed E-state index contributed by atoms with van der Waals surface area (Å²) in [7, 11) is -4.17. The standard InChI is InChI=1S/C23H24N4O5S/c1-4-12-32-15-7-8-17-18(13-15)33(30,31)26-21(25-17)19-20(28)16-6-5-10-24-22(16)27(23(19)29)11-9-14(2)3/h4-8,10,13-14,28H,1,9,11-12H2,2-3H3,(H,25,26). The molecule has 0 fully saturated rings. The number of aromatic nitrogens is 2. The van der Waals surface area contributed by atoms with Crippen LogP contribution < -0.4 is 15.6 Å². The van der Waals surface area contributed by atoms with Crippen LogP contribution in [-0.4, -0.2) is 35.5 Å². The van der Waals surface area contributed by atoms with Gasteiger partial charge in [-0.05, 0) is 36.6 Å². The van der Waals surface area contributed by atoms with E-state index in [9.17, 15) is 18.3 Å². The first-order valence-electron chi connectivity index (χ1n) is 10.4. The summed E-state index contributed by atoms with van der Waals surface area (Å²) >= 11 is 0. The van der Waals surface area contributed by atoms with Gasteiger partial charge in [-0.15, -0.1) is 4.40 Å². The molecular weight excluding hydrogens is 444 g/mol. The van der Waals surface area contributed by atoms with Gasteiger partial charge in [0.2, 0.25) is 0 Å². The highest BCUT2D eigenvalue weighted by molar-refractivity contribution is 7.90. The fraction of sp³-hybridized carbons (Fsp3) is 0.261. The van der Waals surface area contributed by atoms with Gasteiger partial charge in [-0.1, -0.05) is 26.5 Å². The Balaban J connectivity index is 1.88. The summed E-state index contributed by atoms with van der Waals surface area (Å²) in [6.45, 7) is 8.21. The van der Waals surface area contributed by atoms with E-state index in [1.165, 1.54) is 22.9 Å². The van der Waals surface area contributed by atoms with Crippen molar-refractivity contribution in [3.8, 4) is 11.5 Å². The van der Waals surface area contributed by atoms with Gasteiger partial charge in [-0.3, -0.25) is 9.36 Å². The second-order valence-electron chi connectivity index (χ2n) is 8.04. The monoisotopic (exact) mass is 468 g/mol. The summed E-state index contributed by atoms with van der Waals surface area (Å²) in [5.41, 5.74) is -0.242. The molecular formula is C23H24N4O5S. The summed E-state index contributed by atoms with van der Waals surface area (Å²) in [6.07, 6.45) is 3.78. The Bertz CT molecular complexity index is 1440. The highest BCUT2D eigenvalue weighted by Crippen LogP contribution is 2.34. The van der Waals surface area contributed by atoms with Gasteiger partial charge in [0.05, 0.1) is 11.1 Å². The zero-order chi connectivity index (χ0) is 23.8. The summed E-state index contributed by atoms with van der Waals surface area (Å²) in [5.74, 6) is 0.0460. The zero-order valence-corrected chi connectivity index (χ0v) is 19.1. The van der Waals surface area contributed by atoms with Crippen molar-refractivity contribution in [3.63, 3.8) is 0 Å². The number of amidine groups is 1. The van der Waals surface area contributed by atoms with Crippen LogP contribution in [0.4, 0.5) is 5.69 Å². The number of ether oxygens (including phenoxy) is 1. The van der Waals surface area contributed by atoms with Crippen molar-refractivity contribution >= 4 is 32.6 Å². The van der Waals surface area contributed by atoms with Crippen molar-refractivity contribution in [1.82, 2.24) is 9.55 Å². The minimum absolute atomic E-state index is 0.0881. The van der Waals surface area contributed by atoms with E-state index in [0.717, 1.165) is 0 Å². The number of aryl methyl sites for hydroxylation is 1. The first kappa shape index (κ1) is 22.5. The quantitative estimate of drug-likeness (QED) is 0.510. The smallest absolute Gasteiger partial charge is 0.286 e. The van der Waals surface area contributed by atoms with Gasteiger partial charge in [0.25, 0.3) is 15.6 Å². The Labute approximate surface area is 191 Å². The van der Waals surface area contributed by atoms with Crippen LogP contribution in [0.3, 0.4) is 0 Å². The third kappa shape index (κ3) is 4.21. The maximum absolute atomic E-state index is 13.4. The molecule has 0 bridgehead atoms. The molecule has 3 aromatic rings. The Morgan fingerprint density at radius 1 is 1.30 bits per heavy atom. The summed E-state index contributed by atoms with van der Waals surface area (Å²) in [6, 6.07) is 7.74. The minimum Gasteiger partial charge on any atom is -0.506 e. The SMILES string of the molecule is C=CCOc1ccc2c(c1)S(=O)(=O)N=C(c1c(O)c3cccnc3n(CCC(C)C)c1=O)N2. The lowest BCUT2D eigenvalue weighted by Gasteiger charge is -2.21. The molecule has 2 N–H and O–H groups in total. The van der Waals surface area contributed by atoms with E-state index in [0.29, 0.717) is 35.7 Å². The molecule has 0 saturated heterocycles. The molecule has 0 amide bonds. The molecule has 1 aliphatic heterocycles. The predicted molar refractivity (Wildman–Crippen MR) is 127 cm³/mol. The van der Waals surface area contributed by atoms with Gasteiger partial charge < -0.3 is 15.2 Å². The lowest BCUT2D eigenvalue weighted by atomic mass is 10.1. The van der Waals surface area contributed by atoms with Gasteiger partial charge >= 0.3 is 0 Å². The van der Waals surface area contributed by atoms with Crippen LogP contribution in [0.15, 0.2) is 63.3 Å². The van der Waals surface area contributed by atoms with Gasteiger partial charge in [0, 0.05) is 18.8 Å². The third-order valence-corrected chi connectivity index (χ3v) is 6.54. The second-order valence-corrected chi connectivity index (χ2v) is 9.61. The van der Waals surface area contributed by atoms with E-state index in [4.69, 9.17) is 4.74 Å². The Morgan fingerprint density at radius 2 is 2.09 bits per heavy atom. The van der Waals surface area contributed by atoms with Crippen molar-refractivity contribution < 1.29 is 18.3 Å². The van der Waals surface area contributed by atoms with Crippen LogP contribution in [0, 0.1) is 5.92 Å². The first-order chi connectivity index (χ1) is 15.7. The number of nitrogens with one attached hydrogen (secondary N) is 1. The average molecular weight is 469 g/mol. The molecule has 1 aliphatic rings. The Morgan fingerprint density at radius 3 is 2.82 bits per heavy atom. The number of fused-ring (bicyclic) bond motifs is 2. The van der Waals surface area contributed by atoms with E-state index in [1.54, 1.807) is 24.3 Å². The second kappa shape index (κ2) is 8.70. The number of sulfonamides is 1. The van der Waals surface area contributed by atoms with Crippen LogP contribution in [0.1, 0.15) is 25.8 Å². The molecule has 33 heavy (non-hydrogen) atoms. The Kier molecular flexibility index (Phi) is 5.94. The maximum atomic E-state index is 13.4. The molecule has 0 aliphatic carbocycles. The Hall–Kier alpha value is -3.66. The van der Waals surface area contributed by atoms with Gasteiger partial charge in [-0.25, -0.2) is 4.98 Å². The average Bonchev–Trinajstić information content (AvgIpc) is 2.77. The van der Waals surface area contributed by atoms with E-state index in [2.05, 4.69) is 21.3 Å². The molecule has 0 radical (unpaired) electrons. The lowest BCUT2D eigenvalue weighted by Crippen LogP contribution is -2.33. The molecule has 9 nitrogen and oxygen atoms in total. The van der Waals surface area contributed by atoms with E-state index >= 15 is 0 Å². The molecule has 0 saturated carbocycles. The van der Waals surface area contributed by atoms with E-state index in [-0.39, 0.29) is 34.3 Å². The molecule has 10 heteroatoms. The van der Waals surface area contributed by atoms with E-state index < -0.39 is 15.6 Å². The molecule has 0 unspecified atom stereocenters. The van der Waals surface area contributed by atoms with Crippen molar-refractivity contribution in [3.05, 3.63) is 65.1 Å². The number of hydrogen-bond acceptors (Lipinski definition) is 7. The third-order valence-electron chi connectivity index (χ3n) is 5.22. The van der Waals surface area contributed by atoms with Gasteiger partial charge in [0.1, 0.15) is 34.2 Å². The van der Waals surface area contributed by atoms with Crippen LogP contribution in [0.25, 0.3) is 11.0 Å². The molecule has 0 spiro atoms. The molecule has 0 atom stereocenters. The molecule has 4 rings (SSSR count). The van der Waals surface area contributed by atoms with E-state index in [1.807, 2.05) is 13.8 Å². The molecule has 3 heterocycles. The zero-order valence-electron chi connectivity index (χ0n) is 18.3. The minimum atomic E-state index is -4.17. The predicted octanol–water partition coefficient (Wildman–Crippen LogP) is 3.27. The van der Waals surface area contributed by atoms with Crippen molar-refractivity contribution in [2.45, 2.75) is 31.7 Å². The summed E-state index contributed by atoms with van der Waals surface area (Å²) in [5, 5.41) is 14.2. The highest BCUT2D eigenvalue weighted by atomic mass is 32.2. The fourth-order valence-corrected chi connectivity index (χ4v) is 4.70. The summed E-state index contributed by atoms with van der Waals surface area (Å²) < 4.78 is 36.6. The van der Waals surface area contributed by atoms with Gasteiger partial charge in [-0.2, -0.15) is 8.42 Å². The highest BCUT2D eigenvalue weighted by Gasteiger charge is 2.30. The molecule has 172 valence electrons. The van der Waals surface area contributed by atoms with Crippen molar-refractivity contribution in [2.75, 3.05) is 11.9 Å². The van der Waals surface area contributed by atoms with Crippen molar-refractivity contribution in [1.29, 1.82) is 0 Å². The van der Waals surface area contributed by atoms with Crippen LogP contribution >= 0.6 is 0 Å². The normalized spacial score (nSPS) is 14.5. The molecule has 1 aromatic carbocycles. The topological polar surface area (TPSA) is 123 Å². The fourth-order valence-electron chi connectivity index (χ4n) is 3.56. The largest absolute Gasteiger partial charge is 0.506 e. The first-order valence-corrected chi connectivity index (χ1v) is 11.9. The van der Waals surface area contributed by atoms with Crippen LogP contribution in [-0.2, 0) is 16.6 Å². The van der Waals surface area contributed by atoms with Crippen LogP contribution in [0.5, 0.6) is 11.5 Å². The summed E-state index contributed by atoms with van der Waals surface area (Å²) in [4.78, 5) is 17.6. The number of benzene rings is 1. The number of nitrogens with zero attached hydrogens (tertiary/aromatic N) is 3. The maximum Gasteiger partial charge on any atom is 0.286 e. The lowest BCUT2D eigenvalue weighted by molar-refractivity contribution is 0.362. The number of rotatable bonds is 7. The number of pyridine rings is 2. The van der Waals surface area contributed by atoms with Gasteiger partial charge in [0.15, 0.2) is 5.84 Å². The van der Waals surface area contributed by atoms with Crippen molar-refractivity contribution in [2.24, 2.45) is 10.3 Å².